The van der Waals surface area contributed by atoms with Crippen molar-refractivity contribution in [1.82, 2.24) is 9.80 Å². The smallest absolute Gasteiger partial charge is 0.222 e. The van der Waals surface area contributed by atoms with Gasteiger partial charge in [0.2, 0.25) is 5.91 Å². The van der Waals surface area contributed by atoms with Crippen LogP contribution in [0.15, 0.2) is 34.7 Å². The number of furan rings is 1. The average molecular weight is 356 g/mol. The lowest BCUT2D eigenvalue weighted by molar-refractivity contribution is -0.139. The number of piperidine rings is 2. The summed E-state index contributed by atoms with van der Waals surface area (Å²) >= 11 is 0. The van der Waals surface area contributed by atoms with Gasteiger partial charge < -0.3 is 14.4 Å². The van der Waals surface area contributed by atoms with Crippen molar-refractivity contribution in [3.63, 3.8) is 0 Å². The van der Waals surface area contributed by atoms with Crippen LogP contribution in [-0.4, -0.2) is 53.6 Å². The van der Waals surface area contributed by atoms with E-state index < -0.39 is 0 Å². The fourth-order valence-corrected chi connectivity index (χ4v) is 4.68. The standard InChI is InChI=1S/C21H28N2O3/c24-12-4-11-23-16-21(9-7-20(23)25)8-3-10-22(15-21)14-18-13-17-5-1-2-6-19(17)26-18/h1-2,5-6,13,24H,3-4,7-12,14-16H2. The summed E-state index contributed by atoms with van der Waals surface area (Å²) < 4.78 is 6.00. The molecule has 0 saturated carbocycles. The van der Waals surface area contributed by atoms with E-state index in [1.807, 2.05) is 23.1 Å². The topological polar surface area (TPSA) is 56.9 Å². The Bertz CT molecular complexity index is 738. The molecule has 2 aliphatic heterocycles. The lowest BCUT2D eigenvalue weighted by Gasteiger charge is -2.48. The van der Waals surface area contributed by atoms with Gasteiger partial charge in [0.15, 0.2) is 0 Å². The third kappa shape index (κ3) is 3.64. The van der Waals surface area contributed by atoms with Gasteiger partial charge in [-0.15, -0.1) is 0 Å². The highest BCUT2D eigenvalue weighted by Crippen LogP contribution is 2.39. The fourth-order valence-electron chi connectivity index (χ4n) is 4.68. The largest absolute Gasteiger partial charge is 0.460 e. The molecule has 2 aromatic rings. The van der Waals surface area contributed by atoms with Gasteiger partial charge in [-0.3, -0.25) is 9.69 Å². The van der Waals surface area contributed by atoms with E-state index >= 15 is 0 Å². The number of amides is 1. The first-order valence-electron chi connectivity index (χ1n) is 9.76. The number of carbonyl (C=O) groups is 1. The number of nitrogens with zero attached hydrogens (tertiary/aromatic N) is 2. The number of hydrogen-bond donors (Lipinski definition) is 1. The number of carbonyl (C=O) groups excluding carboxylic acids is 1. The van der Waals surface area contributed by atoms with E-state index in [0.29, 0.717) is 19.4 Å². The number of benzene rings is 1. The van der Waals surface area contributed by atoms with E-state index in [1.54, 1.807) is 0 Å². The molecule has 1 aromatic heterocycles. The van der Waals surface area contributed by atoms with Gasteiger partial charge in [0.25, 0.3) is 0 Å². The summed E-state index contributed by atoms with van der Waals surface area (Å²) in [6, 6.07) is 10.3. The zero-order valence-electron chi connectivity index (χ0n) is 15.3. The summed E-state index contributed by atoms with van der Waals surface area (Å²) in [5.74, 6) is 1.27. The van der Waals surface area contributed by atoms with Gasteiger partial charge >= 0.3 is 0 Å². The van der Waals surface area contributed by atoms with E-state index in [1.165, 1.54) is 12.8 Å². The van der Waals surface area contributed by atoms with Crippen LogP contribution in [0, 0.1) is 5.41 Å². The molecule has 0 aliphatic carbocycles. The maximum absolute atomic E-state index is 12.2. The number of rotatable bonds is 5. The van der Waals surface area contributed by atoms with E-state index in [0.717, 1.165) is 49.3 Å². The van der Waals surface area contributed by atoms with Gasteiger partial charge in [0.05, 0.1) is 6.54 Å². The van der Waals surface area contributed by atoms with Crippen molar-refractivity contribution in [3.8, 4) is 0 Å². The van der Waals surface area contributed by atoms with Crippen LogP contribution in [0.4, 0.5) is 0 Å². The highest BCUT2D eigenvalue weighted by molar-refractivity contribution is 5.78. The second kappa shape index (κ2) is 7.41. The van der Waals surface area contributed by atoms with Crippen LogP contribution in [0.1, 0.15) is 37.9 Å². The van der Waals surface area contributed by atoms with Crippen LogP contribution in [0.25, 0.3) is 11.0 Å². The van der Waals surface area contributed by atoms with Crippen LogP contribution in [-0.2, 0) is 11.3 Å². The van der Waals surface area contributed by atoms with E-state index in [2.05, 4.69) is 17.0 Å². The van der Waals surface area contributed by atoms with Crippen LogP contribution >= 0.6 is 0 Å². The molecular weight excluding hydrogens is 328 g/mol. The summed E-state index contributed by atoms with van der Waals surface area (Å²) in [7, 11) is 0. The summed E-state index contributed by atoms with van der Waals surface area (Å²) in [5, 5.41) is 10.3. The molecule has 2 saturated heterocycles. The lowest BCUT2D eigenvalue weighted by atomic mass is 9.73. The number of hydrogen-bond acceptors (Lipinski definition) is 4. The van der Waals surface area contributed by atoms with Crippen molar-refractivity contribution in [3.05, 3.63) is 36.1 Å². The Balaban J connectivity index is 1.44. The maximum atomic E-state index is 12.2. The molecule has 0 bridgehead atoms. The van der Waals surface area contributed by atoms with E-state index in [9.17, 15) is 4.79 Å². The predicted molar refractivity (Wildman–Crippen MR) is 101 cm³/mol. The molecule has 5 nitrogen and oxygen atoms in total. The minimum Gasteiger partial charge on any atom is -0.460 e. The molecule has 1 unspecified atom stereocenters. The Morgan fingerprint density at radius 1 is 1.19 bits per heavy atom. The molecule has 1 spiro atoms. The second-order valence-corrected chi connectivity index (χ2v) is 7.96. The number of aliphatic hydroxyl groups excluding tert-OH is 1. The highest BCUT2D eigenvalue weighted by Gasteiger charge is 2.41. The summed E-state index contributed by atoms with van der Waals surface area (Å²) in [6.07, 6.45) is 4.65. The zero-order valence-corrected chi connectivity index (χ0v) is 15.3. The first kappa shape index (κ1) is 17.6. The van der Waals surface area contributed by atoms with Gasteiger partial charge in [-0.05, 0) is 44.4 Å². The van der Waals surface area contributed by atoms with E-state index in [-0.39, 0.29) is 17.9 Å². The van der Waals surface area contributed by atoms with Gasteiger partial charge in [-0.1, -0.05) is 18.2 Å². The van der Waals surface area contributed by atoms with Gasteiger partial charge in [0, 0.05) is 43.5 Å². The second-order valence-electron chi connectivity index (χ2n) is 7.96. The molecule has 1 aromatic carbocycles. The normalized spacial score (nSPS) is 24.7. The Morgan fingerprint density at radius 3 is 2.92 bits per heavy atom. The van der Waals surface area contributed by atoms with E-state index in [4.69, 9.17) is 9.52 Å². The molecule has 5 heteroatoms. The highest BCUT2D eigenvalue weighted by atomic mass is 16.3. The Kier molecular flexibility index (Phi) is 5.00. The number of likely N-dealkylation sites (tertiary alicyclic amines) is 2. The Hall–Kier alpha value is -1.85. The quantitative estimate of drug-likeness (QED) is 0.895. The Morgan fingerprint density at radius 2 is 2.08 bits per heavy atom. The molecule has 26 heavy (non-hydrogen) atoms. The number of fused-ring (bicyclic) bond motifs is 1. The summed E-state index contributed by atoms with van der Waals surface area (Å²) in [5.41, 5.74) is 1.15. The minimum atomic E-state index is 0.148. The minimum absolute atomic E-state index is 0.148. The third-order valence-corrected chi connectivity index (χ3v) is 5.93. The predicted octanol–water partition coefficient (Wildman–Crippen LogP) is 3.02. The van der Waals surface area contributed by atoms with Crippen molar-refractivity contribution in [1.29, 1.82) is 0 Å². The van der Waals surface area contributed by atoms with Gasteiger partial charge in [0.1, 0.15) is 11.3 Å². The first-order valence-corrected chi connectivity index (χ1v) is 9.76. The Labute approximate surface area is 154 Å². The number of aliphatic hydroxyl groups is 1. The molecule has 1 atom stereocenters. The molecule has 4 rings (SSSR count). The van der Waals surface area contributed by atoms with Crippen molar-refractivity contribution < 1.29 is 14.3 Å². The fraction of sp³-hybridized carbons (Fsp3) is 0.571. The van der Waals surface area contributed by atoms with Crippen molar-refractivity contribution in [2.45, 2.75) is 38.6 Å². The zero-order chi connectivity index (χ0) is 18.0. The van der Waals surface area contributed by atoms with Gasteiger partial charge in [-0.2, -0.15) is 0 Å². The van der Waals surface area contributed by atoms with Gasteiger partial charge in [-0.25, -0.2) is 0 Å². The first-order chi connectivity index (χ1) is 12.7. The molecule has 2 aliphatic rings. The van der Waals surface area contributed by atoms with Crippen LogP contribution in [0.2, 0.25) is 0 Å². The SMILES string of the molecule is O=C1CCC2(CCCN(Cc3cc4ccccc4o3)C2)CN1CCCO. The van der Waals surface area contributed by atoms with Crippen LogP contribution in [0.3, 0.4) is 0 Å². The molecule has 140 valence electrons. The van der Waals surface area contributed by atoms with Crippen molar-refractivity contribution in [2.75, 3.05) is 32.8 Å². The maximum Gasteiger partial charge on any atom is 0.222 e. The van der Waals surface area contributed by atoms with Crippen molar-refractivity contribution >= 4 is 16.9 Å². The monoisotopic (exact) mass is 356 g/mol. The molecule has 0 radical (unpaired) electrons. The van der Waals surface area contributed by atoms with Crippen LogP contribution in [0.5, 0.6) is 0 Å². The summed E-state index contributed by atoms with van der Waals surface area (Å²) in [4.78, 5) is 16.7. The summed E-state index contributed by atoms with van der Waals surface area (Å²) in [6.45, 7) is 4.61. The van der Waals surface area contributed by atoms with Crippen molar-refractivity contribution in [2.24, 2.45) is 5.41 Å². The molecule has 2 fully saturated rings. The molecule has 1 amide bonds. The molecule has 1 N–H and O–H groups in total. The molecular formula is C21H28N2O3. The third-order valence-electron chi connectivity index (χ3n) is 5.93. The molecule has 3 heterocycles. The number of para-hydroxylation sites is 1. The average Bonchev–Trinajstić information content (AvgIpc) is 3.05. The lowest BCUT2D eigenvalue weighted by Crippen LogP contribution is -2.54. The van der Waals surface area contributed by atoms with Crippen LogP contribution < -0.4 is 0 Å².